The molecule has 0 heterocycles. The van der Waals surface area contributed by atoms with Crippen LogP contribution < -0.4 is 10.0 Å². The second-order valence-corrected chi connectivity index (χ2v) is 9.02. The second-order valence-electron chi connectivity index (χ2n) is 6.46. The van der Waals surface area contributed by atoms with Crippen molar-refractivity contribution in [3.63, 3.8) is 0 Å². The van der Waals surface area contributed by atoms with Crippen molar-refractivity contribution in [2.45, 2.75) is 37.8 Å². The summed E-state index contributed by atoms with van der Waals surface area (Å²) in [5, 5.41) is 3.21. The van der Waals surface area contributed by atoms with E-state index in [9.17, 15) is 18.0 Å². The molecule has 1 amide bonds. The van der Waals surface area contributed by atoms with Gasteiger partial charge in [-0.3, -0.25) is 4.79 Å². The number of carbonyl (C=O) groups excluding carboxylic acids is 2. The van der Waals surface area contributed by atoms with Gasteiger partial charge in [-0.25, -0.2) is 17.9 Å². The number of rotatable bonds is 7. The Morgan fingerprint density at radius 3 is 2.17 bits per heavy atom. The van der Waals surface area contributed by atoms with Gasteiger partial charge < -0.3 is 10.1 Å². The maximum Gasteiger partial charge on any atom is 0.338 e. The van der Waals surface area contributed by atoms with Crippen LogP contribution in [0.3, 0.4) is 0 Å². The largest absolute Gasteiger partial charge is 0.449 e. The topological polar surface area (TPSA) is 102 Å². The number of sulfonamides is 1. The Hall–Kier alpha value is -2.13. The maximum absolute atomic E-state index is 12.3. The van der Waals surface area contributed by atoms with E-state index < -0.39 is 28.0 Å². The molecular formula is C19H20Cl2N2O5S. The third kappa shape index (κ3) is 6.43. The first kappa shape index (κ1) is 23.2. The molecule has 1 unspecified atom stereocenters. The highest BCUT2D eigenvalue weighted by Gasteiger charge is 2.21. The van der Waals surface area contributed by atoms with Crippen molar-refractivity contribution in [3.8, 4) is 0 Å². The highest BCUT2D eigenvalue weighted by atomic mass is 35.5. The molecule has 7 nitrogen and oxygen atoms in total. The molecule has 2 N–H and O–H groups in total. The molecule has 0 saturated heterocycles. The zero-order valence-electron chi connectivity index (χ0n) is 15.9. The van der Waals surface area contributed by atoms with Crippen LogP contribution in [0.15, 0.2) is 47.4 Å². The highest BCUT2D eigenvalue weighted by molar-refractivity contribution is 7.89. The van der Waals surface area contributed by atoms with E-state index in [1.807, 2.05) is 0 Å². The minimum atomic E-state index is -3.67. The molecular weight excluding hydrogens is 439 g/mol. The number of benzene rings is 2. The number of esters is 1. The molecule has 0 aliphatic heterocycles. The van der Waals surface area contributed by atoms with Crippen LogP contribution in [0.25, 0.3) is 0 Å². The summed E-state index contributed by atoms with van der Waals surface area (Å²) in [6.45, 7) is 4.81. The van der Waals surface area contributed by atoms with E-state index in [0.717, 1.165) is 0 Å². The maximum atomic E-state index is 12.3. The Labute approximate surface area is 179 Å². The van der Waals surface area contributed by atoms with Gasteiger partial charge in [0.2, 0.25) is 10.0 Å². The Bertz CT molecular complexity index is 1010. The van der Waals surface area contributed by atoms with Crippen molar-refractivity contribution in [1.29, 1.82) is 0 Å². The Balaban J connectivity index is 2.02. The fourth-order valence-corrected chi connectivity index (χ4v) is 3.96. The van der Waals surface area contributed by atoms with Gasteiger partial charge in [-0.05, 0) is 63.2 Å². The summed E-state index contributed by atoms with van der Waals surface area (Å²) >= 11 is 11.8. The van der Waals surface area contributed by atoms with E-state index in [0.29, 0.717) is 10.7 Å². The molecule has 2 aromatic rings. The summed E-state index contributed by atoms with van der Waals surface area (Å²) < 4.78 is 31.8. The molecule has 1 atom stereocenters. The summed E-state index contributed by atoms with van der Waals surface area (Å²) in [4.78, 5) is 24.5. The number of carbonyl (C=O) groups is 2. The van der Waals surface area contributed by atoms with E-state index in [4.69, 9.17) is 27.9 Å². The van der Waals surface area contributed by atoms with E-state index in [2.05, 4.69) is 10.0 Å². The average molecular weight is 459 g/mol. The normalized spacial score (nSPS) is 12.5. The fourth-order valence-electron chi connectivity index (χ4n) is 2.26. The van der Waals surface area contributed by atoms with Crippen LogP contribution in [0, 0.1) is 0 Å². The second kappa shape index (κ2) is 9.58. The molecule has 2 rings (SSSR count). The van der Waals surface area contributed by atoms with Gasteiger partial charge in [0.1, 0.15) is 0 Å². The minimum Gasteiger partial charge on any atom is -0.449 e. The highest BCUT2D eigenvalue weighted by Crippen LogP contribution is 2.25. The van der Waals surface area contributed by atoms with Crippen molar-refractivity contribution in [2.75, 3.05) is 5.32 Å². The summed E-state index contributed by atoms with van der Waals surface area (Å²) in [5.74, 6) is -1.35. The number of hydrogen-bond acceptors (Lipinski definition) is 5. The summed E-state index contributed by atoms with van der Waals surface area (Å²) in [5.41, 5.74) is 0.439. The molecule has 0 saturated carbocycles. The lowest BCUT2D eigenvalue weighted by Gasteiger charge is -2.15. The number of nitrogens with one attached hydrogen (secondary N) is 2. The van der Waals surface area contributed by atoms with Gasteiger partial charge in [0.25, 0.3) is 5.91 Å². The van der Waals surface area contributed by atoms with Crippen LogP contribution in [0.2, 0.25) is 10.0 Å². The fraction of sp³-hybridized carbons (Fsp3) is 0.263. The lowest BCUT2D eigenvalue weighted by Crippen LogP contribution is -2.30. The Kier molecular flexibility index (Phi) is 7.65. The van der Waals surface area contributed by atoms with Crippen molar-refractivity contribution in [2.24, 2.45) is 0 Å². The molecule has 0 fully saturated rings. The van der Waals surface area contributed by atoms with Crippen LogP contribution >= 0.6 is 23.2 Å². The summed E-state index contributed by atoms with van der Waals surface area (Å²) in [6.07, 6.45) is -1.11. The molecule has 29 heavy (non-hydrogen) atoms. The first-order valence-corrected chi connectivity index (χ1v) is 10.8. The minimum absolute atomic E-state index is 0.0194. The predicted octanol–water partition coefficient (Wildman–Crippen LogP) is 3.86. The smallest absolute Gasteiger partial charge is 0.338 e. The molecule has 0 radical (unpaired) electrons. The SMILES string of the molecule is CC(C)NS(=O)(=O)c1ccc(C(=O)OC(C)C(=O)Nc2ccc(Cl)cc2Cl)cc1. The monoisotopic (exact) mass is 458 g/mol. The lowest BCUT2D eigenvalue weighted by molar-refractivity contribution is -0.123. The van der Waals surface area contributed by atoms with Gasteiger partial charge in [0, 0.05) is 11.1 Å². The quantitative estimate of drug-likeness (QED) is 0.613. The van der Waals surface area contributed by atoms with E-state index in [-0.39, 0.29) is 21.5 Å². The van der Waals surface area contributed by atoms with Crippen LogP contribution in [-0.2, 0) is 19.6 Å². The van der Waals surface area contributed by atoms with Gasteiger partial charge in [-0.2, -0.15) is 0 Å². The Morgan fingerprint density at radius 2 is 1.62 bits per heavy atom. The number of ether oxygens (including phenoxy) is 1. The van der Waals surface area contributed by atoms with Crippen LogP contribution in [0.1, 0.15) is 31.1 Å². The Morgan fingerprint density at radius 1 is 1.00 bits per heavy atom. The molecule has 2 aromatic carbocycles. The molecule has 0 aliphatic carbocycles. The van der Waals surface area contributed by atoms with Gasteiger partial charge in [0.05, 0.1) is 21.2 Å². The molecule has 0 aliphatic rings. The van der Waals surface area contributed by atoms with Crippen molar-refractivity contribution >= 4 is 50.8 Å². The summed E-state index contributed by atoms with van der Waals surface area (Å²) in [7, 11) is -3.67. The van der Waals surface area contributed by atoms with Gasteiger partial charge in [0.15, 0.2) is 6.10 Å². The predicted molar refractivity (Wildman–Crippen MR) is 112 cm³/mol. The molecule has 0 spiro atoms. The first-order chi connectivity index (χ1) is 13.5. The number of amides is 1. The van der Waals surface area contributed by atoms with Crippen molar-refractivity contribution < 1.29 is 22.7 Å². The van der Waals surface area contributed by atoms with Gasteiger partial charge in [-0.15, -0.1) is 0 Å². The van der Waals surface area contributed by atoms with Crippen molar-refractivity contribution in [3.05, 3.63) is 58.1 Å². The van der Waals surface area contributed by atoms with E-state index >= 15 is 0 Å². The third-order valence-electron chi connectivity index (χ3n) is 3.63. The number of halogens is 2. The third-order valence-corrected chi connectivity index (χ3v) is 5.86. The van der Waals surface area contributed by atoms with Crippen molar-refractivity contribution in [1.82, 2.24) is 4.72 Å². The first-order valence-electron chi connectivity index (χ1n) is 8.59. The lowest BCUT2D eigenvalue weighted by atomic mass is 10.2. The molecule has 10 heteroatoms. The number of anilines is 1. The molecule has 0 aromatic heterocycles. The van der Waals surface area contributed by atoms with E-state index in [1.54, 1.807) is 19.9 Å². The van der Waals surface area contributed by atoms with Crippen LogP contribution in [0.4, 0.5) is 5.69 Å². The van der Waals surface area contributed by atoms with Gasteiger partial charge >= 0.3 is 5.97 Å². The zero-order chi connectivity index (χ0) is 21.8. The van der Waals surface area contributed by atoms with Crippen LogP contribution in [-0.4, -0.2) is 32.4 Å². The van der Waals surface area contributed by atoms with E-state index in [1.165, 1.54) is 43.3 Å². The molecule has 156 valence electrons. The average Bonchev–Trinajstić information content (AvgIpc) is 2.63. The van der Waals surface area contributed by atoms with Gasteiger partial charge in [-0.1, -0.05) is 23.2 Å². The molecule has 0 bridgehead atoms. The number of hydrogen-bond donors (Lipinski definition) is 2. The van der Waals surface area contributed by atoms with Crippen LogP contribution in [0.5, 0.6) is 0 Å². The zero-order valence-corrected chi connectivity index (χ0v) is 18.2. The summed E-state index contributed by atoms with van der Waals surface area (Å²) in [6, 6.07) is 9.51. The standard InChI is InChI=1S/C19H20Cl2N2O5S/c1-11(2)23-29(26,27)15-7-4-13(5-8-15)19(25)28-12(3)18(24)22-17-9-6-14(20)10-16(17)21/h4-12,23H,1-3H3,(H,22,24).